The fraction of sp³-hybridized carbons (Fsp3) is 0.100. The zero-order valence-corrected chi connectivity index (χ0v) is 11.8. The van der Waals surface area contributed by atoms with E-state index in [0.29, 0.717) is 9.24 Å². The maximum Gasteiger partial charge on any atom is 0.284 e. The van der Waals surface area contributed by atoms with Crippen molar-refractivity contribution in [2.45, 2.75) is 16.2 Å². The number of benzene rings is 1. The van der Waals surface area contributed by atoms with E-state index in [1.807, 2.05) is 0 Å². The number of nitro groups is 1. The van der Waals surface area contributed by atoms with Crippen molar-refractivity contribution < 1.29 is 10.1 Å². The van der Waals surface area contributed by atoms with Gasteiger partial charge in [-0.2, -0.15) is 0 Å². The molecule has 0 radical (unpaired) electrons. The summed E-state index contributed by atoms with van der Waals surface area (Å²) in [6, 6.07) is 4.33. The monoisotopic (exact) mass is 311 g/mol. The zero-order chi connectivity index (χ0) is 14.7. The Hall–Kier alpha value is -2.20. The van der Waals surface area contributed by atoms with Gasteiger partial charge in [0.1, 0.15) is 5.01 Å². The molecule has 0 saturated carbocycles. The van der Waals surface area contributed by atoms with Gasteiger partial charge >= 0.3 is 0 Å². The van der Waals surface area contributed by atoms with Gasteiger partial charge < -0.3 is 10.9 Å². The van der Waals surface area contributed by atoms with Gasteiger partial charge in [0.05, 0.1) is 9.82 Å². The van der Waals surface area contributed by atoms with Crippen LogP contribution in [0, 0.1) is 17.0 Å². The van der Waals surface area contributed by atoms with Crippen LogP contribution >= 0.6 is 23.1 Å². The van der Waals surface area contributed by atoms with E-state index >= 15 is 0 Å². The average molecular weight is 311 g/mol. The van der Waals surface area contributed by atoms with Gasteiger partial charge in [-0.15, -0.1) is 10.2 Å². The fourth-order valence-corrected chi connectivity index (χ4v) is 3.23. The molecule has 0 fully saturated rings. The molecule has 10 heteroatoms. The second-order valence-electron chi connectivity index (χ2n) is 3.61. The van der Waals surface area contributed by atoms with Crippen LogP contribution < -0.4 is 5.73 Å². The summed E-state index contributed by atoms with van der Waals surface area (Å²) < 4.78 is 0.613. The third-order valence-electron chi connectivity index (χ3n) is 2.26. The Kier molecular flexibility index (Phi) is 4.15. The molecule has 1 aromatic heterocycles. The van der Waals surface area contributed by atoms with E-state index in [1.54, 1.807) is 6.92 Å². The van der Waals surface area contributed by atoms with Crippen molar-refractivity contribution >= 4 is 34.6 Å². The molecule has 0 unspecified atom stereocenters. The number of aryl methyl sites for hydroxylation is 1. The van der Waals surface area contributed by atoms with Gasteiger partial charge in [0.15, 0.2) is 10.2 Å². The van der Waals surface area contributed by atoms with Gasteiger partial charge in [0, 0.05) is 11.6 Å². The molecule has 2 rings (SSSR count). The van der Waals surface area contributed by atoms with E-state index in [4.69, 9.17) is 10.9 Å². The predicted octanol–water partition coefficient (Wildman–Crippen LogP) is 2.00. The summed E-state index contributed by atoms with van der Waals surface area (Å²) in [7, 11) is 0. The second kappa shape index (κ2) is 5.84. The highest BCUT2D eigenvalue weighted by molar-refractivity contribution is 8.01. The van der Waals surface area contributed by atoms with Crippen molar-refractivity contribution in [1.82, 2.24) is 10.2 Å². The molecule has 104 valence electrons. The standard InChI is InChI=1S/C10H9N5O3S2/c1-5-12-13-10(19-5)20-8-3-2-6(9(11)14-16)4-7(8)15(17)18/h2-4,16H,1H3,(H2,11,14). The maximum atomic E-state index is 11.1. The summed E-state index contributed by atoms with van der Waals surface area (Å²) in [5.41, 5.74) is 5.56. The van der Waals surface area contributed by atoms with Crippen molar-refractivity contribution in [1.29, 1.82) is 0 Å². The minimum Gasteiger partial charge on any atom is -0.409 e. The van der Waals surface area contributed by atoms with Gasteiger partial charge in [-0.25, -0.2) is 0 Å². The molecule has 0 bridgehead atoms. The van der Waals surface area contributed by atoms with Gasteiger partial charge in [0.25, 0.3) is 5.69 Å². The van der Waals surface area contributed by atoms with Crippen molar-refractivity contribution in [2.24, 2.45) is 10.9 Å². The van der Waals surface area contributed by atoms with Crippen LogP contribution in [0.3, 0.4) is 0 Å². The van der Waals surface area contributed by atoms with Crippen molar-refractivity contribution in [3.63, 3.8) is 0 Å². The summed E-state index contributed by atoms with van der Waals surface area (Å²) in [6.07, 6.45) is 0. The number of rotatable bonds is 4. The molecule has 0 amide bonds. The summed E-state index contributed by atoms with van der Waals surface area (Å²) in [5, 5.41) is 31.1. The Balaban J connectivity index is 2.40. The van der Waals surface area contributed by atoms with Crippen LogP contribution in [-0.2, 0) is 0 Å². The van der Waals surface area contributed by atoms with Gasteiger partial charge in [-0.05, 0) is 19.1 Å². The average Bonchev–Trinajstić information content (AvgIpc) is 2.83. The van der Waals surface area contributed by atoms with E-state index in [2.05, 4.69) is 15.4 Å². The maximum absolute atomic E-state index is 11.1. The predicted molar refractivity (Wildman–Crippen MR) is 74.4 cm³/mol. The van der Waals surface area contributed by atoms with E-state index < -0.39 is 4.92 Å². The Morgan fingerprint density at radius 2 is 2.30 bits per heavy atom. The second-order valence-corrected chi connectivity index (χ2v) is 6.08. The first kappa shape index (κ1) is 14.2. The number of amidine groups is 1. The molecule has 0 aliphatic rings. The Morgan fingerprint density at radius 1 is 1.55 bits per heavy atom. The molecule has 0 saturated heterocycles. The summed E-state index contributed by atoms with van der Waals surface area (Å²) in [5.74, 6) is -0.184. The summed E-state index contributed by atoms with van der Waals surface area (Å²) in [6.45, 7) is 1.80. The van der Waals surface area contributed by atoms with Gasteiger partial charge in [0.2, 0.25) is 0 Å². The lowest BCUT2D eigenvalue weighted by Crippen LogP contribution is -2.13. The molecule has 20 heavy (non-hydrogen) atoms. The number of nitrogens with two attached hydrogens (primary N) is 1. The van der Waals surface area contributed by atoms with Crippen LogP contribution in [0.5, 0.6) is 0 Å². The fourth-order valence-electron chi connectivity index (χ4n) is 1.38. The van der Waals surface area contributed by atoms with E-state index in [0.717, 1.165) is 16.8 Å². The van der Waals surface area contributed by atoms with Gasteiger partial charge in [-0.1, -0.05) is 28.3 Å². The normalized spacial score (nSPS) is 11.6. The number of hydrogen-bond donors (Lipinski definition) is 2. The first-order chi connectivity index (χ1) is 9.51. The van der Waals surface area contributed by atoms with Crippen LogP contribution in [0.1, 0.15) is 10.6 Å². The molecular formula is C10H9N5O3S2. The Labute approximate surface area is 121 Å². The van der Waals surface area contributed by atoms with Crippen molar-refractivity contribution in [3.05, 3.63) is 38.9 Å². The molecule has 2 aromatic rings. The van der Waals surface area contributed by atoms with Crippen molar-refractivity contribution in [2.75, 3.05) is 0 Å². The highest BCUT2D eigenvalue weighted by Gasteiger charge is 2.18. The number of aromatic nitrogens is 2. The molecular weight excluding hydrogens is 302 g/mol. The van der Waals surface area contributed by atoms with Crippen LogP contribution in [0.2, 0.25) is 0 Å². The molecule has 0 aliphatic carbocycles. The van der Waals surface area contributed by atoms with Crippen molar-refractivity contribution in [3.8, 4) is 0 Å². The van der Waals surface area contributed by atoms with E-state index in [-0.39, 0.29) is 17.1 Å². The third kappa shape index (κ3) is 3.03. The Bertz CT molecular complexity index is 685. The van der Waals surface area contributed by atoms with Crippen LogP contribution in [0.15, 0.2) is 32.6 Å². The molecule has 1 aromatic carbocycles. The molecule has 0 atom stereocenters. The third-order valence-corrected chi connectivity index (χ3v) is 4.22. The first-order valence-electron chi connectivity index (χ1n) is 5.25. The zero-order valence-electron chi connectivity index (χ0n) is 10.2. The minimum absolute atomic E-state index is 0.132. The topological polar surface area (TPSA) is 128 Å². The van der Waals surface area contributed by atoms with Gasteiger partial charge in [-0.3, -0.25) is 10.1 Å². The summed E-state index contributed by atoms with van der Waals surface area (Å²) in [4.78, 5) is 11.0. The Morgan fingerprint density at radius 3 is 2.85 bits per heavy atom. The lowest BCUT2D eigenvalue weighted by Gasteiger charge is -2.03. The number of hydrogen-bond acceptors (Lipinski definition) is 8. The lowest BCUT2D eigenvalue weighted by molar-refractivity contribution is -0.387. The molecule has 0 aliphatic heterocycles. The van der Waals surface area contributed by atoms with E-state index in [1.165, 1.54) is 29.5 Å². The molecule has 3 N–H and O–H groups in total. The lowest BCUT2D eigenvalue weighted by atomic mass is 10.2. The highest BCUT2D eigenvalue weighted by atomic mass is 32.2. The number of nitrogens with zero attached hydrogens (tertiary/aromatic N) is 4. The molecule has 8 nitrogen and oxygen atoms in total. The number of oxime groups is 1. The van der Waals surface area contributed by atoms with E-state index in [9.17, 15) is 10.1 Å². The first-order valence-corrected chi connectivity index (χ1v) is 6.89. The largest absolute Gasteiger partial charge is 0.409 e. The smallest absolute Gasteiger partial charge is 0.284 e. The quantitative estimate of drug-likeness (QED) is 0.290. The SMILES string of the molecule is Cc1nnc(Sc2ccc(C(N)=NO)cc2[N+](=O)[O-])s1. The highest BCUT2D eigenvalue weighted by Crippen LogP contribution is 2.36. The van der Waals surface area contributed by atoms with Crippen LogP contribution in [-0.4, -0.2) is 26.2 Å². The minimum atomic E-state index is -0.523. The number of nitro benzene ring substituents is 1. The van der Waals surface area contributed by atoms with Crippen LogP contribution in [0.4, 0.5) is 5.69 Å². The molecule has 1 heterocycles. The van der Waals surface area contributed by atoms with Crippen LogP contribution in [0.25, 0.3) is 0 Å². The molecule has 0 spiro atoms. The summed E-state index contributed by atoms with van der Waals surface area (Å²) >= 11 is 2.50.